The first kappa shape index (κ1) is 16.0. The molecule has 0 atom stereocenters. The summed E-state index contributed by atoms with van der Waals surface area (Å²) in [5.74, 6) is 1.25. The summed E-state index contributed by atoms with van der Waals surface area (Å²) in [4.78, 5) is 22.3. The van der Waals surface area contributed by atoms with Crippen molar-refractivity contribution in [1.29, 1.82) is 0 Å². The minimum absolute atomic E-state index is 0.0807. The highest BCUT2D eigenvalue weighted by Crippen LogP contribution is 2.32. The fourth-order valence-electron chi connectivity index (χ4n) is 3.61. The molecule has 6 nitrogen and oxygen atoms in total. The molecule has 3 aromatic heterocycles. The van der Waals surface area contributed by atoms with Crippen molar-refractivity contribution in [3.05, 3.63) is 55.9 Å². The number of fused-ring (bicyclic) bond motifs is 4. The number of likely N-dealkylation sites (N-methyl/N-ethyl adjacent to an activating group) is 1. The first-order valence-corrected chi connectivity index (χ1v) is 9.59. The van der Waals surface area contributed by atoms with Crippen molar-refractivity contribution in [2.45, 2.75) is 19.9 Å². The zero-order chi connectivity index (χ0) is 18.0. The third-order valence-corrected chi connectivity index (χ3v) is 6.24. The molecule has 1 aliphatic heterocycles. The van der Waals surface area contributed by atoms with Crippen molar-refractivity contribution < 1.29 is 0 Å². The van der Waals surface area contributed by atoms with Crippen molar-refractivity contribution in [3.63, 3.8) is 0 Å². The maximum Gasteiger partial charge on any atom is 0.284 e. The number of rotatable bonds is 1. The van der Waals surface area contributed by atoms with E-state index in [1.807, 2.05) is 35.8 Å². The largest absolute Gasteiger partial charge is 0.301 e. The summed E-state index contributed by atoms with van der Waals surface area (Å²) in [6, 6.07) is 7.45. The highest BCUT2D eigenvalue weighted by atomic mass is 35.5. The van der Waals surface area contributed by atoms with Crippen LogP contribution in [0, 0.1) is 6.92 Å². The molecule has 0 radical (unpaired) electrons. The molecule has 0 fully saturated rings. The molecule has 0 bridgehead atoms. The maximum absolute atomic E-state index is 13.2. The van der Waals surface area contributed by atoms with Crippen LogP contribution in [0.15, 0.2) is 29.1 Å². The molecule has 132 valence electrons. The fraction of sp³-hybridized carbons (Fsp3) is 0.278. The topological polar surface area (TPSA) is 55.4 Å². The maximum atomic E-state index is 13.2. The van der Waals surface area contributed by atoms with E-state index >= 15 is 0 Å². The van der Waals surface area contributed by atoms with Gasteiger partial charge < -0.3 is 4.90 Å². The van der Waals surface area contributed by atoms with E-state index in [0.29, 0.717) is 16.6 Å². The van der Waals surface area contributed by atoms with E-state index in [1.165, 1.54) is 9.39 Å². The Balaban J connectivity index is 1.83. The molecule has 0 unspecified atom stereocenters. The number of aryl methyl sites for hydroxylation is 1. The Morgan fingerprint density at radius 2 is 2.00 bits per heavy atom. The number of hydrogen-bond donors (Lipinski definition) is 0. The first-order chi connectivity index (χ1) is 12.5. The van der Waals surface area contributed by atoms with E-state index in [-0.39, 0.29) is 5.56 Å². The fourth-order valence-corrected chi connectivity index (χ4v) is 5.02. The van der Waals surface area contributed by atoms with Gasteiger partial charge in [0.05, 0.1) is 11.1 Å². The lowest BCUT2D eigenvalue weighted by molar-refractivity contribution is 0.318. The summed E-state index contributed by atoms with van der Waals surface area (Å²) in [5, 5.41) is 5.87. The summed E-state index contributed by atoms with van der Waals surface area (Å²) in [6.07, 6.45) is 0.881. The normalized spacial score (nSPS) is 15.0. The van der Waals surface area contributed by atoms with Crippen molar-refractivity contribution in [3.8, 4) is 5.69 Å². The average molecular weight is 386 g/mol. The summed E-state index contributed by atoms with van der Waals surface area (Å²) >= 11 is 7.63. The molecule has 26 heavy (non-hydrogen) atoms. The third-order valence-electron chi connectivity index (χ3n) is 4.88. The quantitative estimate of drug-likeness (QED) is 0.505. The van der Waals surface area contributed by atoms with Gasteiger partial charge in [-0.3, -0.25) is 9.36 Å². The van der Waals surface area contributed by atoms with Crippen LogP contribution in [0.1, 0.15) is 16.3 Å². The molecule has 0 saturated carbocycles. The van der Waals surface area contributed by atoms with Crippen molar-refractivity contribution in [1.82, 2.24) is 24.1 Å². The second kappa shape index (κ2) is 5.64. The van der Waals surface area contributed by atoms with Crippen LogP contribution in [-0.4, -0.2) is 37.7 Å². The van der Waals surface area contributed by atoms with Gasteiger partial charge in [-0.2, -0.15) is 4.52 Å². The van der Waals surface area contributed by atoms with Gasteiger partial charge in [0.25, 0.3) is 5.56 Å². The van der Waals surface area contributed by atoms with Gasteiger partial charge >= 0.3 is 0 Å². The lowest BCUT2D eigenvalue weighted by Gasteiger charge is -2.21. The minimum atomic E-state index is -0.0807. The van der Waals surface area contributed by atoms with Gasteiger partial charge in [-0.25, -0.2) is 4.98 Å². The Kier molecular flexibility index (Phi) is 3.47. The summed E-state index contributed by atoms with van der Waals surface area (Å²) < 4.78 is 3.32. The Morgan fingerprint density at radius 1 is 1.23 bits per heavy atom. The molecule has 0 spiro atoms. The molecular formula is C18H16ClN5OS. The minimum Gasteiger partial charge on any atom is -0.301 e. The molecule has 0 saturated heterocycles. The number of benzene rings is 1. The molecule has 0 N–H and O–H groups in total. The van der Waals surface area contributed by atoms with Gasteiger partial charge in [0.1, 0.15) is 10.7 Å². The van der Waals surface area contributed by atoms with Crippen LogP contribution in [0.5, 0.6) is 0 Å². The van der Waals surface area contributed by atoms with Crippen LogP contribution in [0.2, 0.25) is 5.02 Å². The Bertz CT molecular complexity index is 1220. The molecule has 0 aliphatic carbocycles. The molecule has 5 rings (SSSR count). The second-order valence-corrected chi connectivity index (χ2v) is 8.18. The van der Waals surface area contributed by atoms with Gasteiger partial charge in [0.15, 0.2) is 0 Å². The van der Waals surface area contributed by atoms with Gasteiger partial charge in [-0.1, -0.05) is 11.6 Å². The summed E-state index contributed by atoms with van der Waals surface area (Å²) in [7, 11) is 2.10. The van der Waals surface area contributed by atoms with Crippen LogP contribution in [0.25, 0.3) is 21.7 Å². The molecule has 1 aliphatic rings. The molecule has 1 aromatic carbocycles. The number of halogens is 1. The van der Waals surface area contributed by atoms with E-state index in [2.05, 4.69) is 17.0 Å². The van der Waals surface area contributed by atoms with E-state index in [0.717, 1.165) is 41.0 Å². The van der Waals surface area contributed by atoms with Crippen molar-refractivity contribution in [2.24, 2.45) is 0 Å². The Labute approximate surface area is 158 Å². The lowest BCUT2D eigenvalue weighted by Crippen LogP contribution is -2.26. The zero-order valence-corrected chi connectivity index (χ0v) is 15.9. The number of thiophene rings is 1. The Hall–Kier alpha value is -2.22. The van der Waals surface area contributed by atoms with Gasteiger partial charge in [-0.05, 0) is 50.2 Å². The van der Waals surface area contributed by atoms with Crippen LogP contribution in [0.3, 0.4) is 0 Å². The predicted molar refractivity (Wildman–Crippen MR) is 104 cm³/mol. The lowest BCUT2D eigenvalue weighted by atomic mass is 10.1. The zero-order valence-electron chi connectivity index (χ0n) is 14.4. The highest BCUT2D eigenvalue weighted by Gasteiger charge is 2.24. The average Bonchev–Trinajstić information content (AvgIpc) is 3.13. The predicted octanol–water partition coefficient (Wildman–Crippen LogP) is 3.04. The van der Waals surface area contributed by atoms with Crippen LogP contribution >= 0.6 is 22.9 Å². The van der Waals surface area contributed by atoms with E-state index < -0.39 is 0 Å². The van der Waals surface area contributed by atoms with Crippen LogP contribution in [0.4, 0.5) is 0 Å². The van der Waals surface area contributed by atoms with Gasteiger partial charge in [-0.15, -0.1) is 16.4 Å². The van der Waals surface area contributed by atoms with Crippen molar-refractivity contribution in [2.75, 3.05) is 13.6 Å². The first-order valence-electron chi connectivity index (χ1n) is 8.40. The Morgan fingerprint density at radius 3 is 2.77 bits per heavy atom. The van der Waals surface area contributed by atoms with Crippen LogP contribution in [-0.2, 0) is 13.0 Å². The SMILES string of the molecule is Cc1nn2c(=O)c3c4c(sc3nc2n1-c1ccc(Cl)cc1)CN(C)CC4. The number of aromatic nitrogens is 4. The van der Waals surface area contributed by atoms with Gasteiger partial charge in [0, 0.05) is 23.0 Å². The standard InChI is InChI=1S/C18H16ClN5OS/c1-10-21-24-17(25)15-13-7-8-22(2)9-14(13)26-16(15)20-18(24)23(10)12-5-3-11(19)4-6-12/h3-6H,7-9H2,1-2H3. The van der Waals surface area contributed by atoms with Gasteiger partial charge in [0.2, 0.25) is 5.78 Å². The molecule has 4 aromatic rings. The number of nitrogens with zero attached hydrogens (tertiary/aromatic N) is 5. The monoisotopic (exact) mass is 385 g/mol. The third kappa shape index (κ3) is 2.24. The molecule has 4 heterocycles. The second-order valence-electron chi connectivity index (χ2n) is 6.66. The van der Waals surface area contributed by atoms with Crippen LogP contribution < -0.4 is 5.56 Å². The molecule has 0 amide bonds. The van der Waals surface area contributed by atoms with E-state index in [9.17, 15) is 4.79 Å². The molecular weight excluding hydrogens is 370 g/mol. The summed E-state index contributed by atoms with van der Waals surface area (Å²) in [5.41, 5.74) is 1.95. The summed E-state index contributed by atoms with van der Waals surface area (Å²) in [6.45, 7) is 3.70. The van der Waals surface area contributed by atoms with Crippen molar-refractivity contribution >= 4 is 38.9 Å². The number of hydrogen-bond acceptors (Lipinski definition) is 5. The molecule has 8 heteroatoms. The highest BCUT2D eigenvalue weighted by molar-refractivity contribution is 7.18. The van der Waals surface area contributed by atoms with E-state index in [1.54, 1.807) is 11.3 Å². The van der Waals surface area contributed by atoms with E-state index in [4.69, 9.17) is 16.6 Å². The smallest absolute Gasteiger partial charge is 0.284 e.